The Labute approximate surface area is 152 Å². The summed E-state index contributed by atoms with van der Waals surface area (Å²) < 4.78 is 45.4. The Balaban J connectivity index is 1.80. The minimum atomic E-state index is -1.35. The van der Waals surface area contributed by atoms with Crippen molar-refractivity contribution in [3.63, 3.8) is 0 Å². The lowest BCUT2D eigenvalue weighted by Crippen LogP contribution is -2.17. The van der Waals surface area contributed by atoms with E-state index < -0.39 is 29.8 Å². The largest absolute Gasteiger partial charge is 0.496 e. The lowest BCUT2D eigenvalue weighted by Gasteiger charge is -2.09. The summed E-state index contributed by atoms with van der Waals surface area (Å²) in [7, 11) is 1.52. The SMILES string of the molecule is COc1ccccc1-c1cc(NC(=O)Cc2cc(F)cc(F)c2F)ncn1. The molecule has 3 rings (SSSR count). The average molecular weight is 373 g/mol. The second kappa shape index (κ2) is 7.86. The molecule has 0 fully saturated rings. The molecule has 8 heteroatoms. The molecule has 3 aromatic rings. The van der Waals surface area contributed by atoms with Crippen LogP contribution in [0.4, 0.5) is 19.0 Å². The van der Waals surface area contributed by atoms with Gasteiger partial charge in [0.15, 0.2) is 11.6 Å². The van der Waals surface area contributed by atoms with E-state index in [0.717, 1.165) is 6.07 Å². The molecule has 27 heavy (non-hydrogen) atoms. The van der Waals surface area contributed by atoms with Gasteiger partial charge in [-0.2, -0.15) is 0 Å². The first kappa shape index (κ1) is 18.4. The topological polar surface area (TPSA) is 64.1 Å². The van der Waals surface area contributed by atoms with Crippen molar-refractivity contribution in [1.29, 1.82) is 0 Å². The summed E-state index contributed by atoms with van der Waals surface area (Å²) in [6.45, 7) is 0. The molecule has 0 saturated carbocycles. The Morgan fingerprint density at radius 3 is 2.67 bits per heavy atom. The molecule has 0 aliphatic carbocycles. The van der Waals surface area contributed by atoms with E-state index in [0.29, 0.717) is 23.1 Å². The number of methoxy groups -OCH3 is 1. The van der Waals surface area contributed by atoms with Crippen molar-refractivity contribution in [2.75, 3.05) is 12.4 Å². The van der Waals surface area contributed by atoms with Crippen LogP contribution in [0.15, 0.2) is 48.8 Å². The number of anilines is 1. The Bertz CT molecular complexity index is 996. The van der Waals surface area contributed by atoms with E-state index in [1.165, 1.54) is 19.5 Å². The molecule has 1 aromatic heterocycles. The van der Waals surface area contributed by atoms with E-state index in [2.05, 4.69) is 15.3 Å². The third kappa shape index (κ3) is 4.22. The van der Waals surface area contributed by atoms with Gasteiger partial charge in [0.25, 0.3) is 0 Å². The van der Waals surface area contributed by atoms with Gasteiger partial charge < -0.3 is 10.1 Å². The number of rotatable bonds is 5. The third-order valence-electron chi connectivity index (χ3n) is 3.74. The van der Waals surface area contributed by atoms with Gasteiger partial charge in [0.1, 0.15) is 23.7 Å². The van der Waals surface area contributed by atoms with Crippen LogP contribution >= 0.6 is 0 Å². The molecule has 0 atom stereocenters. The van der Waals surface area contributed by atoms with Crippen molar-refractivity contribution in [3.05, 3.63) is 71.8 Å². The molecule has 0 spiro atoms. The molecule has 0 unspecified atom stereocenters. The molecule has 138 valence electrons. The minimum absolute atomic E-state index is 0.160. The van der Waals surface area contributed by atoms with E-state index >= 15 is 0 Å². The van der Waals surface area contributed by atoms with Crippen molar-refractivity contribution in [2.45, 2.75) is 6.42 Å². The average Bonchev–Trinajstić information content (AvgIpc) is 2.65. The number of hydrogen-bond acceptors (Lipinski definition) is 4. The molecule has 0 saturated heterocycles. The van der Waals surface area contributed by atoms with Crippen molar-refractivity contribution >= 4 is 11.7 Å². The number of benzene rings is 2. The molecular formula is C19H14F3N3O2. The zero-order valence-corrected chi connectivity index (χ0v) is 14.2. The fourth-order valence-corrected chi connectivity index (χ4v) is 2.53. The molecule has 1 amide bonds. The fraction of sp³-hybridized carbons (Fsp3) is 0.105. The summed E-state index contributed by atoms with van der Waals surface area (Å²) in [6.07, 6.45) is 0.703. The van der Waals surface area contributed by atoms with Crippen molar-refractivity contribution < 1.29 is 22.7 Å². The minimum Gasteiger partial charge on any atom is -0.496 e. The first-order valence-corrected chi connectivity index (χ1v) is 7.86. The van der Waals surface area contributed by atoms with Crippen molar-refractivity contribution in [3.8, 4) is 17.0 Å². The van der Waals surface area contributed by atoms with Crippen LogP contribution in [0.1, 0.15) is 5.56 Å². The number of aromatic nitrogens is 2. The summed E-state index contributed by atoms with van der Waals surface area (Å²) in [5, 5.41) is 2.46. The quantitative estimate of drug-likeness (QED) is 0.692. The number of amides is 1. The number of carbonyl (C=O) groups excluding carboxylic acids is 1. The van der Waals surface area contributed by atoms with Crippen LogP contribution in [0.2, 0.25) is 0 Å². The van der Waals surface area contributed by atoms with E-state index in [9.17, 15) is 18.0 Å². The van der Waals surface area contributed by atoms with E-state index in [1.807, 2.05) is 0 Å². The van der Waals surface area contributed by atoms with Crippen LogP contribution in [-0.2, 0) is 11.2 Å². The van der Waals surface area contributed by atoms with Crippen LogP contribution in [0.5, 0.6) is 5.75 Å². The van der Waals surface area contributed by atoms with Gasteiger partial charge in [-0.3, -0.25) is 4.79 Å². The summed E-state index contributed by atoms with van der Waals surface area (Å²) in [5.41, 5.74) is 0.806. The summed E-state index contributed by atoms with van der Waals surface area (Å²) in [4.78, 5) is 20.2. The predicted molar refractivity (Wildman–Crippen MR) is 92.7 cm³/mol. The van der Waals surface area contributed by atoms with Crippen LogP contribution in [0.25, 0.3) is 11.3 Å². The van der Waals surface area contributed by atoms with Crippen molar-refractivity contribution in [1.82, 2.24) is 9.97 Å². The normalized spacial score (nSPS) is 10.5. The van der Waals surface area contributed by atoms with Gasteiger partial charge in [-0.1, -0.05) is 12.1 Å². The number of nitrogens with one attached hydrogen (secondary N) is 1. The van der Waals surface area contributed by atoms with Crippen molar-refractivity contribution in [2.24, 2.45) is 0 Å². The number of halogens is 3. The monoisotopic (exact) mass is 373 g/mol. The van der Waals surface area contributed by atoms with Gasteiger partial charge >= 0.3 is 0 Å². The predicted octanol–water partition coefficient (Wildman–Crippen LogP) is 3.75. The highest BCUT2D eigenvalue weighted by atomic mass is 19.2. The highest BCUT2D eigenvalue weighted by Gasteiger charge is 2.15. The Morgan fingerprint density at radius 1 is 1.11 bits per heavy atom. The smallest absolute Gasteiger partial charge is 0.230 e. The number of hydrogen-bond donors (Lipinski definition) is 1. The van der Waals surface area contributed by atoms with Gasteiger partial charge in [-0.25, -0.2) is 23.1 Å². The first-order chi connectivity index (χ1) is 13.0. The van der Waals surface area contributed by atoms with Crippen LogP contribution in [0, 0.1) is 17.5 Å². The number of para-hydroxylation sites is 1. The standard InChI is InChI=1S/C19H14F3N3O2/c1-27-16-5-3-2-4-13(16)15-9-17(24-10-23-15)25-18(26)7-11-6-12(20)8-14(21)19(11)22/h2-6,8-10H,7H2,1H3,(H,23,24,25,26). The molecule has 0 aliphatic rings. The first-order valence-electron chi connectivity index (χ1n) is 7.86. The third-order valence-corrected chi connectivity index (χ3v) is 3.74. The molecule has 2 aromatic carbocycles. The summed E-state index contributed by atoms with van der Waals surface area (Å²) >= 11 is 0. The van der Waals surface area contributed by atoms with Gasteiger partial charge in [-0.05, 0) is 18.2 Å². The van der Waals surface area contributed by atoms with Crippen LogP contribution in [0.3, 0.4) is 0 Å². The van der Waals surface area contributed by atoms with Gasteiger partial charge in [-0.15, -0.1) is 0 Å². The van der Waals surface area contributed by atoms with Crippen LogP contribution < -0.4 is 10.1 Å². The number of ether oxygens (including phenoxy) is 1. The summed E-state index contributed by atoms with van der Waals surface area (Å²) in [5.74, 6) is -3.50. The number of carbonyl (C=O) groups is 1. The summed E-state index contributed by atoms with van der Waals surface area (Å²) in [6, 6.07) is 9.87. The Hall–Kier alpha value is -3.42. The van der Waals surface area contributed by atoms with Gasteiger partial charge in [0, 0.05) is 23.3 Å². The van der Waals surface area contributed by atoms with Gasteiger partial charge in [0.2, 0.25) is 5.91 Å². The highest BCUT2D eigenvalue weighted by molar-refractivity contribution is 5.91. The van der Waals surface area contributed by atoms with E-state index in [4.69, 9.17) is 4.74 Å². The second-order valence-corrected chi connectivity index (χ2v) is 5.57. The molecule has 0 bridgehead atoms. The van der Waals surface area contributed by atoms with Crippen LogP contribution in [-0.4, -0.2) is 23.0 Å². The molecule has 5 nitrogen and oxygen atoms in total. The fourth-order valence-electron chi connectivity index (χ4n) is 2.53. The van der Waals surface area contributed by atoms with E-state index in [-0.39, 0.29) is 11.4 Å². The molecule has 0 radical (unpaired) electrons. The zero-order valence-electron chi connectivity index (χ0n) is 14.2. The Morgan fingerprint density at radius 2 is 1.89 bits per heavy atom. The maximum absolute atomic E-state index is 13.7. The molecule has 0 aliphatic heterocycles. The zero-order chi connectivity index (χ0) is 19.4. The van der Waals surface area contributed by atoms with Gasteiger partial charge in [0.05, 0.1) is 19.2 Å². The van der Waals surface area contributed by atoms with E-state index in [1.54, 1.807) is 24.3 Å². The second-order valence-electron chi connectivity index (χ2n) is 5.57. The maximum Gasteiger partial charge on any atom is 0.230 e. The highest BCUT2D eigenvalue weighted by Crippen LogP contribution is 2.28. The lowest BCUT2D eigenvalue weighted by molar-refractivity contribution is -0.115. The Kier molecular flexibility index (Phi) is 5.35. The maximum atomic E-state index is 13.7. The molecule has 1 N–H and O–H groups in total. The molecular weight excluding hydrogens is 359 g/mol. The lowest BCUT2D eigenvalue weighted by atomic mass is 10.1. The number of nitrogens with zero attached hydrogens (tertiary/aromatic N) is 2. The molecule has 1 heterocycles.